The van der Waals surface area contributed by atoms with Crippen molar-refractivity contribution < 1.29 is 9.47 Å². The van der Waals surface area contributed by atoms with Gasteiger partial charge in [0.15, 0.2) is 0 Å². The summed E-state index contributed by atoms with van der Waals surface area (Å²) in [7, 11) is 1.59. The molecule has 0 unspecified atom stereocenters. The fourth-order valence-electron chi connectivity index (χ4n) is 1.57. The Hall–Kier alpha value is -2.37. The van der Waals surface area contributed by atoms with Crippen LogP contribution in [0.3, 0.4) is 0 Å². The normalized spacial score (nSPS) is 10.1. The van der Waals surface area contributed by atoms with E-state index in [9.17, 15) is 0 Å². The topological polar surface area (TPSA) is 69.2 Å². The van der Waals surface area contributed by atoms with Crippen LogP contribution >= 0.6 is 0 Å². The van der Waals surface area contributed by atoms with Gasteiger partial charge in [-0.15, -0.1) is 0 Å². The molecule has 2 rings (SSSR count). The van der Waals surface area contributed by atoms with E-state index < -0.39 is 0 Å². The third-order valence-corrected chi connectivity index (χ3v) is 2.54. The number of nitrogens with one attached hydrogen (secondary N) is 1. The van der Waals surface area contributed by atoms with Gasteiger partial charge in [0.1, 0.15) is 0 Å². The van der Waals surface area contributed by atoms with Crippen LogP contribution in [-0.2, 0) is 6.54 Å². The van der Waals surface area contributed by atoms with Crippen LogP contribution in [0.1, 0.15) is 18.9 Å². The molecule has 0 amide bonds. The zero-order chi connectivity index (χ0) is 14.2. The lowest BCUT2D eigenvalue weighted by Gasteiger charge is -2.08. The maximum absolute atomic E-state index is 5.46. The first-order chi connectivity index (χ1) is 9.81. The van der Waals surface area contributed by atoms with Crippen molar-refractivity contribution in [2.45, 2.75) is 19.9 Å². The molecule has 106 valence electrons. The van der Waals surface area contributed by atoms with Crippen LogP contribution in [0.25, 0.3) is 0 Å². The molecule has 0 radical (unpaired) electrons. The fourth-order valence-corrected chi connectivity index (χ4v) is 1.57. The SMILES string of the molecule is CCCOc1ccnc(NCc2ccnc(OC)c2)n1. The van der Waals surface area contributed by atoms with E-state index in [1.165, 1.54) is 0 Å². The van der Waals surface area contributed by atoms with Crippen molar-refractivity contribution in [3.63, 3.8) is 0 Å². The van der Waals surface area contributed by atoms with Gasteiger partial charge in [0, 0.05) is 31.1 Å². The van der Waals surface area contributed by atoms with E-state index in [0.717, 1.165) is 12.0 Å². The molecule has 2 aromatic heterocycles. The Bertz CT molecular complexity index is 548. The van der Waals surface area contributed by atoms with Crippen LogP contribution in [0.4, 0.5) is 5.95 Å². The van der Waals surface area contributed by atoms with Gasteiger partial charge < -0.3 is 14.8 Å². The molecule has 6 heteroatoms. The maximum atomic E-state index is 5.46. The van der Waals surface area contributed by atoms with Crippen molar-refractivity contribution in [3.8, 4) is 11.8 Å². The van der Waals surface area contributed by atoms with Crippen molar-refractivity contribution >= 4 is 5.95 Å². The number of methoxy groups -OCH3 is 1. The van der Waals surface area contributed by atoms with Crippen LogP contribution in [0.2, 0.25) is 0 Å². The molecule has 0 saturated heterocycles. The largest absolute Gasteiger partial charge is 0.481 e. The van der Waals surface area contributed by atoms with Crippen LogP contribution in [0.15, 0.2) is 30.6 Å². The van der Waals surface area contributed by atoms with Gasteiger partial charge >= 0.3 is 0 Å². The highest BCUT2D eigenvalue weighted by Gasteiger charge is 2.01. The van der Waals surface area contributed by atoms with Crippen molar-refractivity contribution in [3.05, 3.63) is 36.2 Å². The first-order valence-corrected chi connectivity index (χ1v) is 6.50. The Kier molecular flexibility index (Phi) is 5.11. The molecule has 1 N–H and O–H groups in total. The quantitative estimate of drug-likeness (QED) is 0.835. The number of anilines is 1. The molecule has 2 aromatic rings. The summed E-state index contributed by atoms with van der Waals surface area (Å²) in [5.41, 5.74) is 1.04. The smallest absolute Gasteiger partial charge is 0.226 e. The van der Waals surface area contributed by atoms with Crippen LogP contribution in [0.5, 0.6) is 11.8 Å². The second-order valence-corrected chi connectivity index (χ2v) is 4.13. The highest BCUT2D eigenvalue weighted by molar-refractivity contribution is 5.30. The molecular weight excluding hydrogens is 256 g/mol. The summed E-state index contributed by atoms with van der Waals surface area (Å²) in [6.45, 7) is 3.30. The Morgan fingerprint density at radius 2 is 2.00 bits per heavy atom. The number of rotatable bonds is 7. The molecule has 20 heavy (non-hydrogen) atoms. The molecule has 0 aromatic carbocycles. The van der Waals surface area contributed by atoms with Crippen LogP contribution in [0, 0.1) is 0 Å². The Balaban J connectivity index is 1.95. The van der Waals surface area contributed by atoms with Crippen molar-refractivity contribution in [1.29, 1.82) is 0 Å². The van der Waals surface area contributed by atoms with E-state index in [2.05, 4.69) is 27.2 Å². The minimum atomic E-state index is 0.536. The van der Waals surface area contributed by atoms with Gasteiger partial charge in [0.25, 0.3) is 0 Å². The number of nitrogens with zero attached hydrogens (tertiary/aromatic N) is 3. The maximum Gasteiger partial charge on any atom is 0.226 e. The first-order valence-electron chi connectivity index (χ1n) is 6.50. The van der Waals surface area contributed by atoms with Gasteiger partial charge in [0.2, 0.25) is 17.7 Å². The van der Waals surface area contributed by atoms with E-state index in [1.54, 1.807) is 25.6 Å². The third kappa shape index (κ3) is 4.08. The van der Waals surface area contributed by atoms with Gasteiger partial charge in [-0.05, 0) is 18.1 Å². The third-order valence-electron chi connectivity index (χ3n) is 2.54. The van der Waals surface area contributed by atoms with Gasteiger partial charge in [-0.1, -0.05) is 6.92 Å². The number of aromatic nitrogens is 3. The van der Waals surface area contributed by atoms with Crippen LogP contribution < -0.4 is 14.8 Å². The zero-order valence-corrected chi connectivity index (χ0v) is 11.7. The highest BCUT2D eigenvalue weighted by atomic mass is 16.5. The second-order valence-electron chi connectivity index (χ2n) is 4.13. The second kappa shape index (κ2) is 7.28. The number of pyridine rings is 1. The molecule has 0 aliphatic carbocycles. The average Bonchev–Trinajstić information content (AvgIpc) is 2.51. The number of hydrogen-bond donors (Lipinski definition) is 1. The minimum absolute atomic E-state index is 0.536. The molecule has 0 bridgehead atoms. The molecule has 6 nitrogen and oxygen atoms in total. The average molecular weight is 274 g/mol. The molecular formula is C14H18N4O2. The summed E-state index contributed by atoms with van der Waals surface area (Å²) in [4.78, 5) is 12.5. The van der Waals surface area contributed by atoms with Crippen molar-refractivity contribution in [1.82, 2.24) is 15.0 Å². The summed E-state index contributed by atoms with van der Waals surface area (Å²) < 4.78 is 10.5. The van der Waals surface area contributed by atoms with E-state index in [1.807, 2.05) is 12.1 Å². The van der Waals surface area contributed by atoms with Crippen molar-refractivity contribution in [2.75, 3.05) is 19.0 Å². The Morgan fingerprint density at radius 3 is 2.80 bits per heavy atom. The minimum Gasteiger partial charge on any atom is -0.481 e. The standard InChI is InChI=1S/C14H18N4O2/c1-3-8-20-12-5-7-16-14(18-12)17-10-11-4-6-15-13(9-11)19-2/h4-7,9H,3,8,10H2,1-2H3,(H,16,17,18). The molecule has 0 aliphatic rings. The van der Waals surface area contributed by atoms with Gasteiger partial charge in [-0.25, -0.2) is 9.97 Å². The molecule has 0 spiro atoms. The van der Waals surface area contributed by atoms with Crippen LogP contribution in [-0.4, -0.2) is 28.7 Å². The first kappa shape index (κ1) is 14.0. The monoisotopic (exact) mass is 274 g/mol. The van der Waals surface area contributed by atoms with E-state index in [0.29, 0.717) is 30.9 Å². The zero-order valence-electron chi connectivity index (χ0n) is 11.7. The van der Waals surface area contributed by atoms with Crippen molar-refractivity contribution in [2.24, 2.45) is 0 Å². The number of hydrogen-bond acceptors (Lipinski definition) is 6. The summed E-state index contributed by atoms with van der Waals surface area (Å²) in [6, 6.07) is 5.52. The Labute approximate surface area is 118 Å². The summed E-state index contributed by atoms with van der Waals surface area (Å²) in [5, 5.41) is 3.14. The lowest BCUT2D eigenvalue weighted by Crippen LogP contribution is -2.05. The fraction of sp³-hybridized carbons (Fsp3) is 0.357. The molecule has 0 aliphatic heterocycles. The van der Waals surface area contributed by atoms with Gasteiger partial charge in [0.05, 0.1) is 13.7 Å². The summed E-state index contributed by atoms with van der Waals surface area (Å²) in [5.74, 6) is 1.70. The lowest BCUT2D eigenvalue weighted by atomic mass is 10.2. The summed E-state index contributed by atoms with van der Waals surface area (Å²) in [6.07, 6.45) is 4.33. The molecule has 2 heterocycles. The van der Waals surface area contributed by atoms with E-state index in [-0.39, 0.29) is 0 Å². The summed E-state index contributed by atoms with van der Waals surface area (Å²) >= 11 is 0. The lowest BCUT2D eigenvalue weighted by molar-refractivity contribution is 0.305. The number of ether oxygens (including phenoxy) is 2. The predicted octanol–water partition coefficient (Wildman–Crippen LogP) is 2.28. The molecule has 0 atom stereocenters. The molecule has 0 saturated carbocycles. The highest BCUT2D eigenvalue weighted by Crippen LogP contribution is 2.12. The molecule has 0 fully saturated rings. The van der Waals surface area contributed by atoms with Gasteiger partial charge in [-0.2, -0.15) is 4.98 Å². The van der Waals surface area contributed by atoms with E-state index in [4.69, 9.17) is 9.47 Å². The van der Waals surface area contributed by atoms with E-state index >= 15 is 0 Å². The van der Waals surface area contributed by atoms with Gasteiger partial charge in [-0.3, -0.25) is 0 Å². The predicted molar refractivity (Wildman–Crippen MR) is 75.9 cm³/mol. The Morgan fingerprint density at radius 1 is 1.15 bits per heavy atom.